The van der Waals surface area contributed by atoms with Crippen LogP contribution in [-0.4, -0.2) is 11.8 Å². The zero-order valence-corrected chi connectivity index (χ0v) is 14.7. The largest absolute Gasteiger partial charge is 0.460 e. The summed E-state index contributed by atoms with van der Waals surface area (Å²) in [5, 5.41) is 0. The van der Waals surface area contributed by atoms with E-state index in [2.05, 4.69) is 6.07 Å². The maximum absolute atomic E-state index is 12.5. The van der Waals surface area contributed by atoms with E-state index in [-0.39, 0.29) is 18.3 Å². The second-order valence-electron chi connectivity index (χ2n) is 6.33. The van der Waals surface area contributed by atoms with Crippen LogP contribution in [0.5, 0.6) is 0 Å². The van der Waals surface area contributed by atoms with Crippen LogP contribution in [0.25, 0.3) is 0 Å². The van der Waals surface area contributed by atoms with Crippen LogP contribution in [0.4, 0.5) is 0 Å². The van der Waals surface area contributed by atoms with Crippen molar-refractivity contribution < 1.29 is 14.3 Å². The van der Waals surface area contributed by atoms with Crippen LogP contribution in [-0.2, 0) is 20.9 Å². The monoisotopic (exact) mass is 324 g/mol. The molecule has 2 aromatic carbocycles. The topological polar surface area (TPSA) is 43.4 Å². The average molecular weight is 324 g/mol. The number of benzene rings is 2. The predicted molar refractivity (Wildman–Crippen MR) is 94.7 cm³/mol. The van der Waals surface area contributed by atoms with Crippen molar-refractivity contribution in [1.29, 1.82) is 0 Å². The molecular formula is C21H24O3. The predicted octanol–water partition coefficient (Wildman–Crippen LogP) is 4.36. The highest BCUT2D eigenvalue weighted by Gasteiger charge is 2.32. The van der Waals surface area contributed by atoms with Crippen molar-refractivity contribution in [3.63, 3.8) is 0 Å². The van der Waals surface area contributed by atoms with Crippen LogP contribution < -0.4 is 0 Å². The second-order valence-corrected chi connectivity index (χ2v) is 6.33. The number of esters is 1. The fourth-order valence-electron chi connectivity index (χ4n) is 3.06. The van der Waals surface area contributed by atoms with Crippen molar-refractivity contribution in [3.8, 4) is 0 Å². The minimum absolute atomic E-state index is 0.166. The molecule has 0 fully saturated rings. The number of ketones is 1. The number of hydrogen-bond donors (Lipinski definition) is 0. The van der Waals surface area contributed by atoms with E-state index in [1.54, 1.807) is 0 Å². The summed E-state index contributed by atoms with van der Waals surface area (Å²) in [7, 11) is 0. The number of aryl methyl sites for hydroxylation is 2. The third-order valence-electron chi connectivity index (χ3n) is 4.33. The Morgan fingerprint density at radius 1 is 1.04 bits per heavy atom. The Morgan fingerprint density at radius 2 is 1.71 bits per heavy atom. The quantitative estimate of drug-likeness (QED) is 0.586. The van der Waals surface area contributed by atoms with E-state index in [4.69, 9.17) is 4.74 Å². The molecule has 3 nitrogen and oxygen atoms in total. The van der Waals surface area contributed by atoms with Crippen molar-refractivity contribution in [2.75, 3.05) is 0 Å². The lowest BCUT2D eigenvalue weighted by atomic mass is 9.83. The van der Waals surface area contributed by atoms with Crippen molar-refractivity contribution in [3.05, 3.63) is 70.8 Å². The molecule has 2 rings (SSSR count). The Hall–Kier alpha value is -2.42. The summed E-state index contributed by atoms with van der Waals surface area (Å²) in [6, 6.07) is 15.5. The van der Waals surface area contributed by atoms with Gasteiger partial charge in [0.15, 0.2) is 0 Å². The van der Waals surface area contributed by atoms with Gasteiger partial charge < -0.3 is 4.74 Å². The molecule has 0 spiro atoms. The summed E-state index contributed by atoms with van der Waals surface area (Å²) in [4.78, 5) is 24.6. The van der Waals surface area contributed by atoms with Gasteiger partial charge in [-0.2, -0.15) is 0 Å². The standard InChI is InChI=1S/C21H24O3/c1-14-10-11-19(15(2)12-14)16(3)20(17(4)22)21(23)24-13-18-8-6-5-7-9-18/h5-12,16,20H,13H2,1-4H3. The van der Waals surface area contributed by atoms with E-state index in [1.165, 1.54) is 6.92 Å². The van der Waals surface area contributed by atoms with Gasteiger partial charge in [0.2, 0.25) is 0 Å². The maximum atomic E-state index is 12.5. The molecule has 3 heteroatoms. The molecule has 2 aromatic rings. The second kappa shape index (κ2) is 7.91. The Labute approximate surface area is 143 Å². The lowest BCUT2D eigenvalue weighted by Crippen LogP contribution is -2.29. The first kappa shape index (κ1) is 17.9. The number of Topliss-reactive ketones (excluding diaryl/α,β-unsaturated/α-hetero) is 1. The van der Waals surface area contributed by atoms with Crippen LogP contribution >= 0.6 is 0 Å². The van der Waals surface area contributed by atoms with E-state index in [0.29, 0.717) is 0 Å². The van der Waals surface area contributed by atoms with Gasteiger partial charge in [0.05, 0.1) is 0 Å². The summed E-state index contributed by atoms with van der Waals surface area (Å²) in [5.41, 5.74) is 4.17. The molecule has 0 N–H and O–H groups in total. The average Bonchev–Trinajstić information content (AvgIpc) is 2.53. The Balaban J connectivity index is 2.15. The van der Waals surface area contributed by atoms with Gasteiger partial charge >= 0.3 is 5.97 Å². The molecular weight excluding hydrogens is 300 g/mol. The summed E-state index contributed by atoms with van der Waals surface area (Å²) in [6.45, 7) is 7.58. The molecule has 0 saturated carbocycles. The van der Waals surface area contributed by atoms with Gasteiger partial charge in [-0.1, -0.05) is 61.0 Å². The van der Waals surface area contributed by atoms with Crippen molar-refractivity contribution in [2.45, 2.75) is 40.2 Å². The fraction of sp³-hybridized carbons (Fsp3) is 0.333. The van der Waals surface area contributed by atoms with Crippen LogP contribution in [0, 0.1) is 19.8 Å². The first-order chi connectivity index (χ1) is 11.4. The molecule has 0 aromatic heterocycles. The highest BCUT2D eigenvalue weighted by atomic mass is 16.5. The van der Waals surface area contributed by atoms with Gasteiger partial charge in [-0.05, 0) is 37.5 Å². The summed E-state index contributed by atoms with van der Waals surface area (Å²) < 4.78 is 5.40. The van der Waals surface area contributed by atoms with Gasteiger partial charge in [0.1, 0.15) is 18.3 Å². The molecule has 126 valence electrons. The molecule has 2 atom stereocenters. The third-order valence-corrected chi connectivity index (χ3v) is 4.33. The highest BCUT2D eigenvalue weighted by Crippen LogP contribution is 2.29. The van der Waals surface area contributed by atoms with E-state index in [0.717, 1.165) is 22.3 Å². The smallest absolute Gasteiger partial charge is 0.317 e. The minimum Gasteiger partial charge on any atom is -0.460 e. The summed E-state index contributed by atoms with van der Waals surface area (Å²) in [6.07, 6.45) is 0. The highest BCUT2D eigenvalue weighted by molar-refractivity contribution is 5.98. The lowest BCUT2D eigenvalue weighted by molar-refractivity contribution is -0.153. The molecule has 0 bridgehead atoms. The van der Waals surface area contributed by atoms with Crippen molar-refractivity contribution in [1.82, 2.24) is 0 Å². The van der Waals surface area contributed by atoms with Gasteiger partial charge in [-0.15, -0.1) is 0 Å². The molecule has 0 radical (unpaired) electrons. The molecule has 0 heterocycles. The number of hydrogen-bond acceptors (Lipinski definition) is 3. The lowest BCUT2D eigenvalue weighted by Gasteiger charge is -2.22. The first-order valence-corrected chi connectivity index (χ1v) is 8.18. The maximum Gasteiger partial charge on any atom is 0.317 e. The number of rotatable bonds is 6. The van der Waals surface area contributed by atoms with Crippen LogP contribution in [0.2, 0.25) is 0 Å². The van der Waals surface area contributed by atoms with Gasteiger partial charge in [-0.3, -0.25) is 9.59 Å². The SMILES string of the molecule is CC(=O)C(C(=O)OCc1ccccc1)C(C)c1ccc(C)cc1C. The molecule has 24 heavy (non-hydrogen) atoms. The number of ether oxygens (including phenoxy) is 1. The Morgan fingerprint density at radius 3 is 2.29 bits per heavy atom. The van der Waals surface area contributed by atoms with Gasteiger partial charge in [-0.25, -0.2) is 0 Å². The van der Waals surface area contributed by atoms with E-state index in [1.807, 2.05) is 63.2 Å². The molecule has 2 unspecified atom stereocenters. The van der Waals surface area contributed by atoms with E-state index < -0.39 is 11.9 Å². The first-order valence-electron chi connectivity index (χ1n) is 8.18. The van der Waals surface area contributed by atoms with Crippen molar-refractivity contribution >= 4 is 11.8 Å². The zero-order valence-electron chi connectivity index (χ0n) is 14.7. The van der Waals surface area contributed by atoms with Gasteiger partial charge in [0.25, 0.3) is 0 Å². The Kier molecular flexibility index (Phi) is 5.91. The van der Waals surface area contributed by atoms with Crippen LogP contribution in [0.1, 0.15) is 42.0 Å². The van der Waals surface area contributed by atoms with Crippen LogP contribution in [0.3, 0.4) is 0 Å². The minimum atomic E-state index is -0.782. The molecule has 0 amide bonds. The summed E-state index contributed by atoms with van der Waals surface area (Å²) >= 11 is 0. The molecule has 0 aliphatic carbocycles. The molecule has 0 aliphatic rings. The fourth-order valence-corrected chi connectivity index (χ4v) is 3.06. The third kappa shape index (κ3) is 4.31. The number of carbonyl (C=O) groups excluding carboxylic acids is 2. The van der Waals surface area contributed by atoms with Crippen LogP contribution in [0.15, 0.2) is 48.5 Å². The zero-order chi connectivity index (χ0) is 17.7. The van der Waals surface area contributed by atoms with Crippen molar-refractivity contribution in [2.24, 2.45) is 5.92 Å². The summed E-state index contributed by atoms with van der Waals surface area (Å²) in [5.74, 6) is -1.62. The van der Waals surface area contributed by atoms with E-state index >= 15 is 0 Å². The number of carbonyl (C=O) groups is 2. The van der Waals surface area contributed by atoms with Gasteiger partial charge in [0, 0.05) is 5.92 Å². The van der Waals surface area contributed by atoms with E-state index in [9.17, 15) is 9.59 Å². The normalized spacial score (nSPS) is 13.2. The molecule has 0 aliphatic heterocycles. The Bertz CT molecular complexity index is 719. The molecule has 0 saturated heterocycles.